The van der Waals surface area contributed by atoms with Crippen LogP contribution in [-0.2, 0) is 6.42 Å². The Morgan fingerprint density at radius 1 is 0.953 bits per heavy atom. The molecule has 1 aromatic heterocycles. The summed E-state index contributed by atoms with van der Waals surface area (Å²) in [5.41, 5.74) is 6.60. The molecule has 0 radical (unpaired) electrons. The van der Waals surface area contributed by atoms with Crippen molar-refractivity contribution in [1.82, 2.24) is 15.3 Å². The van der Waals surface area contributed by atoms with Crippen molar-refractivity contribution in [1.29, 1.82) is 0 Å². The van der Waals surface area contributed by atoms with Crippen LogP contribution in [0.15, 0.2) is 78.9 Å². The van der Waals surface area contributed by atoms with Crippen LogP contribution in [0.2, 0.25) is 5.02 Å². The highest BCUT2D eigenvalue weighted by atomic mass is 35.5. The van der Waals surface area contributed by atoms with E-state index < -0.39 is 0 Å². The van der Waals surface area contributed by atoms with Crippen molar-refractivity contribution in [2.75, 3.05) is 7.11 Å². The van der Waals surface area contributed by atoms with E-state index in [0.717, 1.165) is 40.6 Å². The summed E-state index contributed by atoms with van der Waals surface area (Å²) in [6, 6.07) is 24.4. The van der Waals surface area contributed by atoms with E-state index in [-0.39, 0.29) is 17.7 Å². The van der Waals surface area contributed by atoms with Gasteiger partial charge in [0, 0.05) is 27.3 Å². The predicted molar refractivity (Wildman–Crippen MR) is 176 cm³/mol. The molecule has 0 spiro atoms. The molecule has 0 aliphatic heterocycles. The van der Waals surface area contributed by atoms with Crippen molar-refractivity contribution in [3.63, 3.8) is 0 Å². The molecule has 0 aliphatic rings. The number of fused-ring (bicyclic) bond motifs is 1. The second-order valence-electron chi connectivity index (χ2n) is 9.91. The van der Waals surface area contributed by atoms with Gasteiger partial charge in [-0.1, -0.05) is 93.9 Å². The Kier molecular flexibility index (Phi) is 10.4. The predicted octanol–water partition coefficient (Wildman–Crippen LogP) is 9.23. The molecule has 0 bridgehead atoms. The molecular weight excluding hydrogens is 558 g/mol. The third-order valence-electron chi connectivity index (χ3n) is 7.41. The zero-order valence-electron chi connectivity index (χ0n) is 25.5. The van der Waals surface area contributed by atoms with Crippen molar-refractivity contribution >= 4 is 34.3 Å². The molecule has 0 saturated carbocycles. The van der Waals surface area contributed by atoms with Crippen molar-refractivity contribution < 1.29 is 14.3 Å². The first kappa shape index (κ1) is 31.5. The zero-order valence-corrected chi connectivity index (χ0v) is 26.3. The lowest BCUT2D eigenvalue weighted by atomic mass is 9.91. The van der Waals surface area contributed by atoms with Gasteiger partial charge in [0.05, 0.1) is 18.7 Å². The van der Waals surface area contributed by atoms with Gasteiger partial charge < -0.3 is 15.0 Å². The molecule has 1 atom stereocenters. The number of amides is 1. The first-order valence-electron chi connectivity index (χ1n) is 14.7. The monoisotopic (exact) mass is 595 g/mol. The Morgan fingerprint density at radius 2 is 1.70 bits per heavy atom. The van der Waals surface area contributed by atoms with Crippen LogP contribution in [0.25, 0.3) is 33.5 Å². The van der Waals surface area contributed by atoms with E-state index in [1.165, 1.54) is 6.92 Å². The van der Waals surface area contributed by atoms with Gasteiger partial charge in [-0.2, -0.15) is 0 Å². The van der Waals surface area contributed by atoms with Crippen LogP contribution in [0.4, 0.5) is 0 Å². The van der Waals surface area contributed by atoms with Crippen LogP contribution in [0.3, 0.4) is 0 Å². The summed E-state index contributed by atoms with van der Waals surface area (Å²) in [5.74, 6) is 0.891. The number of nitrogens with zero attached hydrogens (tertiary/aromatic N) is 1. The number of rotatable bonds is 9. The second kappa shape index (κ2) is 14.2. The summed E-state index contributed by atoms with van der Waals surface area (Å²) < 4.78 is 5.58. The quantitative estimate of drug-likeness (QED) is 0.166. The Morgan fingerprint density at radius 3 is 2.35 bits per heavy atom. The number of hydrogen-bond donors (Lipinski definition) is 2. The number of halogens is 1. The van der Waals surface area contributed by atoms with Gasteiger partial charge in [-0.3, -0.25) is 9.59 Å². The molecule has 5 rings (SSSR count). The number of aryl methyl sites for hydroxylation is 1. The van der Waals surface area contributed by atoms with Crippen molar-refractivity contribution in [3.8, 4) is 28.3 Å². The number of aromatic nitrogens is 2. The van der Waals surface area contributed by atoms with Gasteiger partial charge in [-0.25, -0.2) is 4.98 Å². The van der Waals surface area contributed by atoms with Crippen LogP contribution < -0.4 is 10.1 Å². The molecule has 0 saturated heterocycles. The maximum absolute atomic E-state index is 13.3. The summed E-state index contributed by atoms with van der Waals surface area (Å²) >= 11 is 6.81. The first-order valence-corrected chi connectivity index (χ1v) is 15.1. The minimum absolute atomic E-state index is 0.141. The second-order valence-corrected chi connectivity index (χ2v) is 10.3. The van der Waals surface area contributed by atoms with E-state index in [9.17, 15) is 9.59 Å². The van der Waals surface area contributed by atoms with Gasteiger partial charge in [-0.05, 0) is 60.7 Å². The summed E-state index contributed by atoms with van der Waals surface area (Å²) in [6.45, 7) is 9.60. The minimum atomic E-state index is -0.245. The Balaban J connectivity index is 0.00000207. The Bertz CT molecular complexity index is 1700. The molecule has 1 heterocycles. The molecular formula is C36H38ClN3O3. The molecule has 7 heteroatoms. The largest absolute Gasteiger partial charge is 0.494 e. The molecule has 43 heavy (non-hydrogen) atoms. The summed E-state index contributed by atoms with van der Waals surface area (Å²) in [6.07, 6.45) is 1.55. The fraction of sp³-hybridized carbons (Fsp3) is 0.250. The molecule has 4 aromatic carbocycles. The minimum Gasteiger partial charge on any atom is -0.494 e. The fourth-order valence-corrected chi connectivity index (χ4v) is 5.52. The number of hydrogen-bond acceptors (Lipinski definition) is 4. The van der Waals surface area contributed by atoms with E-state index >= 15 is 0 Å². The van der Waals surface area contributed by atoms with Crippen molar-refractivity contribution in [2.45, 2.75) is 53.5 Å². The topological polar surface area (TPSA) is 84.1 Å². The lowest BCUT2D eigenvalue weighted by Gasteiger charge is -2.19. The highest BCUT2D eigenvalue weighted by Gasteiger charge is 2.22. The average molecular weight is 596 g/mol. The molecule has 0 fully saturated rings. The van der Waals surface area contributed by atoms with Crippen LogP contribution in [-0.4, -0.2) is 28.8 Å². The van der Waals surface area contributed by atoms with Crippen LogP contribution in [0.5, 0.6) is 5.75 Å². The maximum atomic E-state index is 13.3. The van der Waals surface area contributed by atoms with Gasteiger partial charge in [-0.15, -0.1) is 0 Å². The lowest BCUT2D eigenvalue weighted by Crippen LogP contribution is -2.28. The molecule has 5 aromatic rings. The smallest absolute Gasteiger partial charge is 0.251 e. The van der Waals surface area contributed by atoms with Crippen molar-refractivity contribution in [2.24, 2.45) is 0 Å². The highest BCUT2D eigenvalue weighted by Crippen LogP contribution is 2.40. The molecule has 0 unspecified atom stereocenters. The van der Waals surface area contributed by atoms with E-state index in [0.29, 0.717) is 38.9 Å². The summed E-state index contributed by atoms with van der Waals surface area (Å²) in [7, 11) is 1.63. The Labute approximate surface area is 258 Å². The van der Waals surface area contributed by atoms with Gasteiger partial charge in [0.25, 0.3) is 5.91 Å². The van der Waals surface area contributed by atoms with Gasteiger partial charge >= 0.3 is 0 Å². The highest BCUT2D eigenvalue weighted by molar-refractivity contribution is 6.34. The van der Waals surface area contributed by atoms with E-state index in [1.807, 2.05) is 75.4 Å². The van der Waals surface area contributed by atoms with Gasteiger partial charge in [0.2, 0.25) is 0 Å². The Hall–Kier alpha value is -4.42. The number of nitrogens with one attached hydrogen (secondary N) is 2. The standard InChI is InChI=1S/C34H32ClN3O3.C2H6/c1-5-21-16-18-29(41-4)32-31(21)37-33(38-32)25-13-10-14-27(35)30(25)24-17-15-23(19-26(24)20(3)39)34(40)36-28(6-2)22-11-8-7-9-12-22;1-2/h7-19,28H,5-6H2,1-4H3,(H,36,40)(H,37,38);1-2H3/t28-;/m1./s1. The fourth-order valence-electron chi connectivity index (χ4n) is 5.24. The van der Waals surface area contributed by atoms with E-state index in [2.05, 4.69) is 17.2 Å². The molecule has 2 N–H and O–H groups in total. The third kappa shape index (κ3) is 6.50. The summed E-state index contributed by atoms with van der Waals surface area (Å²) in [4.78, 5) is 34.6. The SMILES string of the molecule is CC.CCc1ccc(OC)c2[nH]c(-c3cccc(Cl)c3-c3ccc(C(=O)N[C@H](CC)c4ccccc4)cc3C(C)=O)nc12. The number of carbonyl (C=O) groups is 2. The zero-order chi connectivity index (χ0) is 31.1. The number of aromatic amines is 1. The maximum Gasteiger partial charge on any atom is 0.251 e. The van der Waals surface area contributed by atoms with Crippen molar-refractivity contribution in [3.05, 3.63) is 106 Å². The number of carbonyl (C=O) groups excluding carboxylic acids is 2. The first-order chi connectivity index (χ1) is 20.9. The van der Waals surface area contributed by atoms with Crippen LogP contribution >= 0.6 is 11.6 Å². The third-order valence-corrected chi connectivity index (χ3v) is 7.72. The van der Waals surface area contributed by atoms with Gasteiger partial charge in [0.15, 0.2) is 5.78 Å². The number of imidazole rings is 1. The number of benzene rings is 4. The normalized spacial score (nSPS) is 11.4. The molecule has 1 amide bonds. The number of H-pyrrole nitrogens is 1. The van der Waals surface area contributed by atoms with Gasteiger partial charge in [0.1, 0.15) is 17.1 Å². The summed E-state index contributed by atoms with van der Waals surface area (Å²) in [5, 5.41) is 3.58. The number of Topliss-reactive ketones (excluding diaryl/α,β-unsaturated/α-hetero) is 1. The molecule has 6 nitrogen and oxygen atoms in total. The molecule has 0 aliphatic carbocycles. The number of ketones is 1. The number of ether oxygens (including phenoxy) is 1. The average Bonchev–Trinajstić information content (AvgIpc) is 3.49. The van der Waals surface area contributed by atoms with Crippen LogP contribution in [0.1, 0.15) is 78.9 Å². The molecule has 222 valence electrons. The van der Waals surface area contributed by atoms with Crippen LogP contribution in [0, 0.1) is 0 Å². The van der Waals surface area contributed by atoms with E-state index in [4.69, 9.17) is 21.3 Å². The number of methoxy groups -OCH3 is 1. The van der Waals surface area contributed by atoms with E-state index in [1.54, 1.807) is 31.4 Å². The lowest BCUT2D eigenvalue weighted by molar-refractivity contribution is 0.0935.